The predicted molar refractivity (Wildman–Crippen MR) is 81.6 cm³/mol. The summed E-state index contributed by atoms with van der Waals surface area (Å²) in [6.07, 6.45) is 0.808. The highest BCUT2D eigenvalue weighted by molar-refractivity contribution is 6.02. The molecule has 0 saturated heterocycles. The fourth-order valence-corrected chi connectivity index (χ4v) is 2.88. The lowest BCUT2D eigenvalue weighted by Crippen LogP contribution is -2.33. The van der Waals surface area contributed by atoms with Crippen molar-refractivity contribution in [3.05, 3.63) is 28.8 Å². The van der Waals surface area contributed by atoms with Crippen LogP contribution in [0, 0.1) is 19.8 Å². The Morgan fingerprint density at radius 3 is 2.50 bits per heavy atom. The zero-order valence-electron chi connectivity index (χ0n) is 13.0. The summed E-state index contributed by atoms with van der Waals surface area (Å²) in [4.78, 5) is 15.2. The lowest BCUT2D eigenvalue weighted by Gasteiger charge is -2.23. The van der Waals surface area contributed by atoms with Gasteiger partial charge in [-0.05, 0) is 44.5 Å². The van der Waals surface area contributed by atoms with E-state index in [1.54, 1.807) is 0 Å². The van der Waals surface area contributed by atoms with Crippen LogP contribution in [0.1, 0.15) is 41.8 Å². The van der Waals surface area contributed by atoms with E-state index < -0.39 is 0 Å². The molecule has 1 aliphatic heterocycles. The first-order valence-electron chi connectivity index (χ1n) is 7.58. The molecule has 1 heterocycles. The van der Waals surface area contributed by atoms with Crippen molar-refractivity contribution in [3.8, 4) is 5.75 Å². The third kappa shape index (κ3) is 2.88. The first-order chi connectivity index (χ1) is 9.58. The molecule has 20 heavy (non-hydrogen) atoms. The van der Waals surface area contributed by atoms with E-state index in [0.29, 0.717) is 6.61 Å². The van der Waals surface area contributed by atoms with Crippen molar-refractivity contribution in [2.24, 2.45) is 5.92 Å². The van der Waals surface area contributed by atoms with Gasteiger partial charge in [-0.15, -0.1) is 0 Å². The van der Waals surface area contributed by atoms with Crippen LogP contribution in [0.4, 0.5) is 0 Å². The van der Waals surface area contributed by atoms with Crippen LogP contribution in [-0.2, 0) is 0 Å². The maximum absolute atomic E-state index is 12.9. The molecule has 0 radical (unpaired) electrons. The Morgan fingerprint density at radius 2 is 1.85 bits per heavy atom. The molecule has 0 fully saturated rings. The van der Waals surface area contributed by atoms with Crippen LogP contribution in [0.25, 0.3) is 0 Å². The highest BCUT2D eigenvalue weighted by Gasteiger charge is 2.29. The van der Waals surface area contributed by atoms with Crippen molar-refractivity contribution in [1.29, 1.82) is 0 Å². The second kappa shape index (κ2) is 6.40. The fraction of sp³-hybridized carbons (Fsp3) is 0.588. The molecule has 0 amide bonds. The van der Waals surface area contributed by atoms with Crippen LogP contribution in [-0.4, -0.2) is 36.9 Å². The van der Waals surface area contributed by atoms with Crippen LogP contribution < -0.4 is 4.74 Å². The number of aryl methyl sites for hydroxylation is 2. The Labute approximate surface area is 121 Å². The van der Waals surface area contributed by atoms with Crippen molar-refractivity contribution in [2.75, 3.05) is 26.2 Å². The summed E-state index contributed by atoms with van der Waals surface area (Å²) in [7, 11) is 0. The molecule has 3 nitrogen and oxygen atoms in total. The largest absolute Gasteiger partial charge is 0.493 e. The summed E-state index contributed by atoms with van der Waals surface area (Å²) in [5, 5.41) is 0. The second-order valence-corrected chi connectivity index (χ2v) is 5.59. The van der Waals surface area contributed by atoms with Gasteiger partial charge < -0.3 is 9.64 Å². The predicted octanol–water partition coefficient (Wildman–Crippen LogP) is 3.23. The van der Waals surface area contributed by atoms with E-state index in [0.717, 1.165) is 48.5 Å². The monoisotopic (exact) mass is 275 g/mol. The van der Waals surface area contributed by atoms with Gasteiger partial charge in [0.25, 0.3) is 0 Å². The van der Waals surface area contributed by atoms with Crippen LogP contribution in [0.5, 0.6) is 5.75 Å². The third-order valence-electron chi connectivity index (χ3n) is 4.27. The molecule has 1 aromatic rings. The van der Waals surface area contributed by atoms with E-state index in [1.807, 2.05) is 26.0 Å². The van der Waals surface area contributed by atoms with Crippen molar-refractivity contribution in [1.82, 2.24) is 4.90 Å². The van der Waals surface area contributed by atoms with E-state index in [-0.39, 0.29) is 11.7 Å². The lowest BCUT2D eigenvalue weighted by molar-refractivity contribution is 0.0876. The number of benzene rings is 1. The van der Waals surface area contributed by atoms with Crippen LogP contribution in [0.3, 0.4) is 0 Å². The minimum Gasteiger partial charge on any atom is -0.493 e. The van der Waals surface area contributed by atoms with Gasteiger partial charge in [0.2, 0.25) is 0 Å². The molecule has 0 N–H and O–H groups in total. The van der Waals surface area contributed by atoms with E-state index in [1.165, 1.54) is 0 Å². The molecule has 110 valence electrons. The number of ether oxygens (including phenoxy) is 1. The van der Waals surface area contributed by atoms with Gasteiger partial charge in [-0.3, -0.25) is 4.79 Å². The quantitative estimate of drug-likeness (QED) is 0.845. The van der Waals surface area contributed by atoms with Gasteiger partial charge in [-0.25, -0.2) is 0 Å². The summed E-state index contributed by atoms with van der Waals surface area (Å²) in [6.45, 7) is 11.7. The molecule has 0 saturated carbocycles. The molecule has 3 heteroatoms. The minimum absolute atomic E-state index is 0.0525. The summed E-state index contributed by atoms with van der Waals surface area (Å²) in [6, 6.07) is 4.06. The molecule has 0 aromatic heterocycles. The van der Waals surface area contributed by atoms with Gasteiger partial charge in [0, 0.05) is 12.5 Å². The number of rotatable bonds is 4. The van der Waals surface area contributed by atoms with Gasteiger partial charge in [-0.2, -0.15) is 0 Å². The second-order valence-electron chi connectivity index (χ2n) is 5.59. The SMILES string of the molecule is CCN(CC)CC1CCOc2c(C)ccc(C)c2C1=O. The molecule has 1 aliphatic rings. The zero-order valence-corrected chi connectivity index (χ0v) is 13.0. The first-order valence-corrected chi connectivity index (χ1v) is 7.58. The van der Waals surface area contributed by atoms with E-state index in [4.69, 9.17) is 4.74 Å². The number of nitrogens with zero attached hydrogens (tertiary/aromatic N) is 1. The summed E-state index contributed by atoms with van der Waals surface area (Å²) < 4.78 is 5.87. The zero-order chi connectivity index (χ0) is 14.7. The van der Waals surface area contributed by atoms with Gasteiger partial charge in [0.1, 0.15) is 5.75 Å². The minimum atomic E-state index is 0.0525. The molecule has 1 atom stereocenters. The maximum atomic E-state index is 12.9. The topological polar surface area (TPSA) is 29.5 Å². The van der Waals surface area contributed by atoms with Crippen molar-refractivity contribution >= 4 is 5.78 Å². The summed E-state index contributed by atoms with van der Waals surface area (Å²) in [5.41, 5.74) is 2.89. The molecule has 0 aliphatic carbocycles. The smallest absolute Gasteiger partial charge is 0.171 e. The normalized spacial score (nSPS) is 18.6. The highest BCUT2D eigenvalue weighted by Crippen LogP contribution is 2.32. The molecule has 1 aromatic carbocycles. The Bertz CT molecular complexity index is 492. The molecular weight excluding hydrogens is 250 g/mol. The molecule has 2 rings (SSSR count). The van der Waals surface area contributed by atoms with Crippen molar-refractivity contribution in [2.45, 2.75) is 34.1 Å². The fourth-order valence-electron chi connectivity index (χ4n) is 2.88. The summed E-state index contributed by atoms with van der Waals surface area (Å²) >= 11 is 0. The first kappa shape index (κ1) is 15.0. The van der Waals surface area contributed by atoms with Gasteiger partial charge >= 0.3 is 0 Å². The van der Waals surface area contributed by atoms with E-state index in [2.05, 4.69) is 18.7 Å². The van der Waals surface area contributed by atoms with Gasteiger partial charge in [0.05, 0.1) is 12.2 Å². The molecule has 1 unspecified atom stereocenters. The standard InChI is InChI=1S/C17H25NO2/c1-5-18(6-2)11-14-9-10-20-17-13(4)8-7-12(3)15(17)16(14)19/h7-8,14H,5-6,9-11H2,1-4H3. The number of hydrogen-bond donors (Lipinski definition) is 0. The third-order valence-corrected chi connectivity index (χ3v) is 4.27. The number of Topliss-reactive ketones (excluding diaryl/α,β-unsaturated/α-hetero) is 1. The van der Waals surface area contributed by atoms with Crippen molar-refractivity contribution < 1.29 is 9.53 Å². The van der Waals surface area contributed by atoms with E-state index in [9.17, 15) is 4.79 Å². The van der Waals surface area contributed by atoms with E-state index >= 15 is 0 Å². The lowest BCUT2D eigenvalue weighted by atomic mass is 9.91. The number of carbonyl (C=O) groups excluding carboxylic acids is 1. The Kier molecular flexibility index (Phi) is 4.81. The molecule has 0 spiro atoms. The van der Waals surface area contributed by atoms with Gasteiger partial charge in [-0.1, -0.05) is 26.0 Å². The maximum Gasteiger partial charge on any atom is 0.171 e. The number of carbonyl (C=O) groups is 1. The van der Waals surface area contributed by atoms with Gasteiger partial charge in [0.15, 0.2) is 5.78 Å². The Balaban J connectivity index is 2.32. The Morgan fingerprint density at radius 1 is 1.20 bits per heavy atom. The van der Waals surface area contributed by atoms with Crippen LogP contribution >= 0.6 is 0 Å². The Hall–Kier alpha value is -1.35. The highest BCUT2D eigenvalue weighted by atomic mass is 16.5. The van der Waals surface area contributed by atoms with Crippen molar-refractivity contribution in [3.63, 3.8) is 0 Å². The number of ketones is 1. The average molecular weight is 275 g/mol. The molecular formula is C17H25NO2. The number of hydrogen-bond acceptors (Lipinski definition) is 3. The van der Waals surface area contributed by atoms with Crippen LogP contribution in [0.15, 0.2) is 12.1 Å². The number of fused-ring (bicyclic) bond motifs is 1. The summed E-state index contributed by atoms with van der Waals surface area (Å²) in [5.74, 6) is 1.11. The van der Waals surface area contributed by atoms with Crippen LogP contribution in [0.2, 0.25) is 0 Å². The molecule has 0 bridgehead atoms. The average Bonchev–Trinajstić information content (AvgIpc) is 2.61.